The molecule has 0 radical (unpaired) electrons. The Morgan fingerprint density at radius 3 is 2.80 bits per heavy atom. The first-order chi connectivity index (χ1) is 9.83. The Kier molecular flexibility index (Phi) is 4.05. The SMILES string of the molecule is CCC(CC)N=Nc1ncnc2sc3c(c12)CCCC3. The largest absolute Gasteiger partial charge is 0.225 e. The number of thiophene rings is 1. The summed E-state index contributed by atoms with van der Waals surface area (Å²) in [5.41, 5.74) is 1.43. The highest BCUT2D eigenvalue weighted by Crippen LogP contribution is 2.39. The summed E-state index contributed by atoms with van der Waals surface area (Å²) in [6.45, 7) is 4.30. The third-order valence-electron chi connectivity index (χ3n) is 3.99. The van der Waals surface area contributed by atoms with Crippen molar-refractivity contribution in [2.45, 2.75) is 58.4 Å². The molecule has 2 heterocycles. The van der Waals surface area contributed by atoms with Crippen LogP contribution in [0.4, 0.5) is 5.82 Å². The van der Waals surface area contributed by atoms with Gasteiger partial charge in [-0.2, -0.15) is 5.11 Å². The van der Waals surface area contributed by atoms with E-state index in [0.29, 0.717) is 6.04 Å². The summed E-state index contributed by atoms with van der Waals surface area (Å²) >= 11 is 1.81. The molecule has 0 saturated heterocycles. The topological polar surface area (TPSA) is 50.5 Å². The first kappa shape index (κ1) is 13.6. The molecule has 0 N–H and O–H groups in total. The van der Waals surface area contributed by atoms with Gasteiger partial charge in [0.1, 0.15) is 11.2 Å². The Morgan fingerprint density at radius 2 is 2.00 bits per heavy atom. The van der Waals surface area contributed by atoms with E-state index in [-0.39, 0.29) is 0 Å². The molecule has 0 unspecified atom stereocenters. The van der Waals surface area contributed by atoms with Crippen LogP contribution in [0.3, 0.4) is 0 Å². The molecule has 20 heavy (non-hydrogen) atoms. The second-order valence-electron chi connectivity index (χ2n) is 5.27. The molecular formula is C15H20N4S. The molecule has 0 fully saturated rings. The summed E-state index contributed by atoms with van der Waals surface area (Å²) in [6, 6.07) is 0.300. The van der Waals surface area contributed by atoms with Gasteiger partial charge >= 0.3 is 0 Å². The van der Waals surface area contributed by atoms with E-state index >= 15 is 0 Å². The average molecular weight is 288 g/mol. The Bertz CT molecular complexity index is 628. The highest BCUT2D eigenvalue weighted by molar-refractivity contribution is 7.18. The Labute approximate surface area is 123 Å². The lowest BCUT2D eigenvalue weighted by Crippen LogP contribution is -1.99. The van der Waals surface area contributed by atoms with Gasteiger partial charge in [0.25, 0.3) is 0 Å². The zero-order valence-electron chi connectivity index (χ0n) is 12.1. The number of fused-ring (bicyclic) bond motifs is 3. The minimum absolute atomic E-state index is 0.300. The monoisotopic (exact) mass is 288 g/mol. The number of aryl methyl sites for hydroxylation is 2. The summed E-state index contributed by atoms with van der Waals surface area (Å²) in [4.78, 5) is 11.3. The van der Waals surface area contributed by atoms with E-state index in [4.69, 9.17) is 0 Å². The zero-order valence-corrected chi connectivity index (χ0v) is 12.9. The van der Waals surface area contributed by atoms with Gasteiger partial charge in [0.15, 0.2) is 5.82 Å². The fraction of sp³-hybridized carbons (Fsp3) is 0.600. The lowest BCUT2D eigenvalue weighted by atomic mass is 9.97. The van der Waals surface area contributed by atoms with E-state index < -0.39 is 0 Å². The third kappa shape index (κ3) is 2.46. The van der Waals surface area contributed by atoms with Crippen LogP contribution in [0.25, 0.3) is 10.2 Å². The molecule has 5 heteroatoms. The van der Waals surface area contributed by atoms with E-state index in [9.17, 15) is 0 Å². The molecular weight excluding hydrogens is 268 g/mol. The van der Waals surface area contributed by atoms with Gasteiger partial charge in [-0.1, -0.05) is 13.8 Å². The predicted molar refractivity (Wildman–Crippen MR) is 82.9 cm³/mol. The standard InChI is InChI=1S/C15H20N4S/c1-3-10(4-2)18-19-14-13-11-7-5-6-8-12(11)20-15(13)17-9-16-14/h9-10H,3-8H2,1-2H3. The van der Waals surface area contributed by atoms with E-state index in [1.165, 1.54) is 29.7 Å². The molecule has 3 rings (SSSR count). The molecule has 0 amide bonds. The van der Waals surface area contributed by atoms with E-state index in [0.717, 1.165) is 35.3 Å². The van der Waals surface area contributed by atoms with Crippen LogP contribution in [0.2, 0.25) is 0 Å². The highest BCUT2D eigenvalue weighted by Gasteiger charge is 2.19. The van der Waals surface area contributed by atoms with Crippen molar-refractivity contribution in [3.63, 3.8) is 0 Å². The zero-order chi connectivity index (χ0) is 13.9. The molecule has 0 aliphatic heterocycles. The molecule has 1 aliphatic rings. The van der Waals surface area contributed by atoms with Crippen molar-refractivity contribution in [2.75, 3.05) is 0 Å². The molecule has 0 aromatic carbocycles. The van der Waals surface area contributed by atoms with Crippen LogP contribution >= 0.6 is 11.3 Å². The van der Waals surface area contributed by atoms with Crippen molar-refractivity contribution in [3.05, 3.63) is 16.8 Å². The molecule has 0 atom stereocenters. The van der Waals surface area contributed by atoms with Gasteiger partial charge in [0.05, 0.1) is 11.4 Å². The molecule has 0 bridgehead atoms. The Hall–Kier alpha value is -1.36. The molecule has 1 aliphatic carbocycles. The van der Waals surface area contributed by atoms with Crippen LogP contribution in [0, 0.1) is 0 Å². The molecule has 0 saturated carbocycles. The van der Waals surface area contributed by atoms with Crippen molar-refractivity contribution in [3.8, 4) is 0 Å². The summed E-state index contributed by atoms with van der Waals surface area (Å²) in [5.74, 6) is 0.765. The molecule has 2 aromatic rings. The second kappa shape index (κ2) is 5.95. The predicted octanol–water partition coefficient (Wildman–Crippen LogP) is 4.84. The van der Waals surface area contributed by atoms with Crippen LogP contribution in [0.1, 0.15) is 50.0 Å². The van der Waals surface area contributed by atoms with Crippen molar-refractivity contribution in [2.24, 2.45) is 10.2 Å². The van der Waals surface area contributed by atoms with Gasteiger partial charge in [-0.15, -0.1) is 16.5 Å². The maximum absolute atomic E-state index is 4.45. The average Bonchev–Trinajstić information content (AvgIpc) is 2.87. The Balaban J connectivity index is 2.04. The lowest BCUT2D eigenvalue weighted by molar-refractivity contribution is 0.603. The maximum Gasteiger partial charge on any atom is 0.186 e. The van der Waals surface area contributed by atoms with Crippen LogP contribution in [0.5, 0.6) is 0 Å². The van der Waals surface area contributed by atoms with E-state index in [2.05, 4.69) is 34.0 Å². The van der Waals surface area contributed by atoms with Gasteiger partial charge in [-0.3, -0.25) is 0 Å². The second-order valence-corrected chi connectivity index (χ2v) is 6.36. The molecule has 106 valence electrons. The number of nitrogens with zero attached hydrogens (tertiary/aromatic N) is 4. The molecule has 4 nitrogen and oxygen atoms in total. The first-order valence-corrected chi connectivity index (χ1v) is 8.31. The number of rotatable bonds is 4. The summed E-state index contributed by atoms with van der Waals surface area (Å²) in [5, 5.41) is 10.0. The van der Waals surface area contributed by atoms with E-state index in [1.807, 2.05) is 0 Å². The van der Waals surface area contributed by atoms with Gasteiger partial charge in [-0.05, 0) is 44.1 Å². The highest BCUT2D eigenvalue weighted by atomic mass is 32.1. The lowest BCUT2D eigenvalue weighted by Gasteiger charge is -2.10. The number of aromatic nitrogens is 2. The first-order valence-electron chi connectivity index (χ1n) is 7.49. The number of hydrogen-bond acceptors (Lipinski definition) is 5. The van der Waals surface area contributed by atoms with Crippen molar-refractivity contribution in [1.29, 1.82) is 0 Å². The fourth-order valence-corrected chi connectivity index (χ4v) is 3.96. The van der Waals surface area contributed by atoms with Gasteiger partial charge < -0.3 is 0 Å². The van der Waals surface area contributed by atoms with Gasteiger partial charge in [-0.25, -0.2) is 9.97 Å². The molecule has 2 aromatic heterocycles. The quantitative estimate of drug-likeness (QED) is 0.756. The summed E-state index contributed by atoms with van der Waals surface area (Å²) in [7, 11) is 0. The van der Waals surface area contributed by atoms with Crippen LogP contribution in [0.15, 0.2) is 16.6 Å². The van der Waals surface area contributed by atoms with Crippen molar-refractivity contribution >= 4 is 27.4 Å². The minimum Gasteiger partial charge on any atom is -0.225 e. The molecule has 0 spiro atoms. The number of hydrogen-bond donors (Lipinski definition) is 0. The number of azo groups is 1. The smallest absolute Gasteiger partial charge is 0.186 e. The maximum atomic E-state index is 4.45. The van der Waals surface area contributed by atoms with Gasteiger partial charge in [0.2, 0.25) is 0 Å². The van der Waals surface area contributed by atoms with Crippen LogP contribution in [-0.4, -0.2) is 16.0 Å². The van der Waals surface area contributed by atoms with Crippen molar-refractivity contribution < 1.29 is 0 Å². The van der Waals surface area contributed by atoms with Crippen LogP contribution < -0.4 is 0 Å². The Morgan fingerprint density at radius 1 is 1.20 bits per heavy atom. The minimum atomic E-state index is 0.300. The van der Waals surface area contributed by atoms with Crippen LogP contribution in [-0.2, 0) is 12.8 Å². The summed E-state index contributed by atoms with van der Waals surface area (Å²) < 4.78 is 0. The van der Waals surface area contributed by atoms with Crippen molar-refractivity contribution in [1.82, 2.24) is 9.97 Å². The third-order valence-corrected chi connectivity index (χ3v) is 5.19. The van der Waals surface area contributed by atoms with E-state index in [1.54, 1.807) is 17.7 Å². The normalized spacial score (nSPS) is 15.3. The summed E-state index contributed by atoms with van der Waals surface area (Å²) in [6.07, 6.45) is 8.53. The fourth-order valence-electron chi connectivity index (χ4n) is 2.74. The van der Waals surface area contributed by atoms with Gasteiger partial charge in [0, 0.05) is 4.88 Å².